The number of fused-ring (bicyclic) bond motifs is 1. The summed E-state index contributed by atoms with van der Waals surface area (Å²) in [6, 6.07) is 4.98. The number of aliphatic imine (C=N–C) groups is 1. The van der Waals surface area contributed by atoms with Crippen LogP contribution in [0.2, 0.25) is 0 Å². The first-order valence-electron chi connectivity index (χ1n) is 5.22. The van der Waals surface area contributed by atoms with Crippen molar-refractivity contribution in [1.29, 1.82) is 0 Å². The maximum absolute atomic E-state index is 10.9. The van der Waals surface area contributed by atoms with Crippen molar-refractivity contribution in [3.63, 3.8) is 0 Å². The molecule has 0 saturated carbocycles. The second-order valence-corrected chi connectivity index (χ2v) is 5.39. The van der Waals surface area contributed by atoms with Crippen molar-refractivity contribution in [3.05, 3.63) is 23.8 Å². The lowest BCUT2D eigenvalue weighted by Crippen LogP contribution is -2.15. The largest absolute Gasteiger partial charge is 0.478 e. The molecular weight excluding hydrogens is 256 g/mol. The Morgan fingerprint density at radius 1 is 1.59 bits per heavy atom. The zero-order valence-corrected chi connectivity index (χ0v) is 10.9. The second kappa shape index (κ2) is 5.46. The maximum atomic E-state index is 10.9. The predicted molar refractivity (Wildman–Crippen MR) is 72.2 cm³/mol. The Hall–Kier alpha value is -1.14. The van der Waals surface area contributed by atoms with Crippen molar-refractivity contribution < 1.29 is 9.90 Å². The topological polar surface area (TPSA) is 61.7 Å². The van der Waals surface area contributed by atoms with Crippen LogP contribution in [-0.2, 0) is 0 Å². The number of nitrogens with one attached hydrogen (secondary N) is 1. The number of rotatable bonds is 3. The molecule has 2 rings (SSSR count). The first-order chi connectivity index (χ1) is 8.20. The second-order valence-electron chi connectivity index (χ2n) is 3.46. The summed E-state index contributed by atoms with van der Waals surface area (Å²) in [6.07, 6.45) is 1.08. The van der Waals surface area contributed by atoms with Gasteiger partial charge in [-0.3, -0.25) is 0 Å². The molecule has 1 aliphatic rings. The molecule has 0 fully saturated rings. The average molecular weight is 268 g/mol. The van der Waals surface area contributed by atoms with Crippen molar-refractivity contribution in [2.24, 2.45) is 4.99 Å². The fourth-order valence-corrected chi connectivity index (χ4v) is 2.82. The minimum atomic E-state index is -0.922. The monoisotopic (exact) mass is 268 g/mol. The van der Waals surface area contributed by atoms with Gasteiger partial charge in [-0.15, -0.1) is 0 Å². The van der Waals surface area contributed by atoms with E-state index in [2.05, 4.69) is 16.6 Å². The molecule has 0 radical (unpaired) electrons. The summed E-state index contributed by atoms with van der Waals surface area (Å²) in [6.45, 7) is 2.11. The van der Waals surface area contributed by atoms with E-state index in [9.17, 15) is 4.79 Å². The van der Waals surface area contributed by atoms with Gasteiger partial charge < -0.3 is 9.83 Å². The zero-order valence-electron chi connectivity index (χ0n) is 9.27. The lowest BCUT2D eigenvalue weighted by molar-refractivity contribution is 0.0697. The smallest absolute Gasteiger partial charge is 0.335 e. The van der Waals surface area contributed by atoms with Crippen LogP contribution in [0.15, 0.2) is 28.1 Å². The molecule has 0 saturated heterocycles. The summed E-state index contributed by atoms with van der Waals surface area (Å²) in [5.41, 5.74) is 1.00. The van der Waals surface area contributed by atoms with Gasteiger partial charge in [-0.1, -0.05) is 18.7 Å². The Labute approximate surface area is 108 Å². The molecule has 17 heavy (non-hydrogen) atoms. The van der Waals surface area contributed by atoms with E-state index in [1.54, 1.807) is 30.0 Å². The number of carboxylic acid groups (broad SMARTS) is 1. The number of benzene rings is 1. The highest BCUT2D eigenvalue weighted by atomic mass is 32.2. The lowest BCUT2D eigenvalue weighted by atomic mass is 10.2. The van der Waals surface area contributed by atoms with Crippen LogP contribution < -0.4 is 4.72 Å². The molecule has 0 atom stereocenters. The van der Waals surface area contributed by atoms with Crippen molar-refractivity contribution >= 4 is 40.5 Å². The molecule has 0 aromatic heterocycles. The van der Waals surface area contributed by atoms with E-state index in [0.29, 0.717) is 0 Å². The average Bonchev–Trinajstić information content (AvgIpc) is 2.35. The molecule has 1 aromatic rings. The molecule has 4 nitrogen and oxygen atoms in total. The van der Waals surface area contributed by atoms with Crippen molar-refractivity contribution in [1.82, 2.24) is 4.72 Å². The van der Waals surface area contributed by atoms with Gasteiger partial charge in [-0.05, 0) is 36.6 Å². The minimum absolute atomic E-state index is 0.273. The van der Waals surface area contributed by atoms with Gasteiger partial charge in [0.2, 0.25) is 0 Å². The number of amidine groups is 1. The van der Waals surface area contributed by atoms with Crippen LogP contribution >= 0.6 is 23.7 Å². The van der Waals surface area contributed by atoms with Crippen LogP contribution in [0.1, 0.15) is 23.7 Å². The first-order valence-corrected chi connectivity index (χ1v) is 7.02. The summed E-state index contributed by atoms with van der Waals surface area (Å²) in [7, 11) is 0. The van der Waals surface area contributed by atoms with Crippen LogP contribution in [0.4, 0.5) is 5.69 Å². The van der Waals surface area contributed by atoms with Crippen molar-refractivity contribution in [2.45, 2.75) is 18.2 Å². The van der Waals surface area contributed by atoms with Crippen LogP contribution in [-0.4, -0.2) is 22.0 Å². The predicted octanol–water partition coefficient (Wildman–Crippen LogP) is 3.13. The Morgan fingerprint density at radius 2 is 2.41 bits per heavy atom. The molecule has 0 spiro atoms. The van der Waals surface area contributed by atoms with Crippen LogP contribution in [0, 0.1) is 0 Å². The van der Waals surface area contributed by atoms with Gasteiger partial charge >= 0.3 is 5.97 Å². The molecule has 0 bridgehead atoms. The standard InChI is InChI=1S/C11H12N2O2S2/c1-2-5-16-11-12-8-6-7(10(14)15)3-4-9(8)17-13-11/h3-4,6H,2,5H2,1H3,(H,12,13)(H,14,15). The van der Waals surface area contributed by atoms with E-state index in [1.807, 2.05) is 0 Å². The number of thioether (sulfide) groups is 1. The Bertz CT molecular complexity index is 475. The van der Waals surface area contributed by atoms with E-state index in [0.717, 1.165) is 27.9 Å². The Morgan fingerprint density at radius 3 is 3.12 bits per heavy atom. The van der Waals surface area contributed by atoms with Crippen LogP contribution in [0.3, 0.4) is 0 Å². The molecular formula is C11H12N2O2S2. The number of aromatic carboxylic acids is 1. The SMILES string of the molecule is CCCSC1=Nc2cc(C(=O)O)ccc2SN1. The molecule has 1 heterocycles. The Kier molecular flexibility index (Phi) is 3.96. The molecule has 1 aromatic carbocycles. The van der Waals surface area contributed by atoms with Gasteiger partial charge in [-0.25, -0.2) is 9.79 Å². The number of hydrogen-bond acceptors (Lipinski definition) is 5. The third-order valence-electron chi connectivity index (χ3n) is 2.12. The van der Waals surface area contributed by atoms with Gasteiger partial charge in [0.1, 0.15) is 0 Å². The van der Waals surface area contributed by atoms with Gasteiger partial charge in [0.15, 0.2) is 5.17 Å². The molecule has 6 heteroatoms. The minimum Gasteiger partial charge on any atom is -0.478 e. The number of nitrogens with zero attached hydrogens (tertiary/aromatic N) is 1. The fraction of sp³-hybridized carbons (Fsp3) is 0.273. The zero-order chi connectivity index (χ0) is 12.3. The van der Waals surface area contributed by atoms with E-state index < -0.39 is 5.97 Å². The Balaban J connectivity index is 2.25. The van der Waals surface area contributed by atoms with E-state index in [1.165, 1.54) is 11.9 Å². The number of hydrogen-bond donors (Lipinski definition) is 2. The molecule has 0 aliphatic carbocycles. The van der Waals surface area contributed by atoms with Crippen molar-refractivity contribution in [3.8, 4) is 0 Å². The van der Waals surface area contributed by atoms with Gasteiger partial charge in [0.25, 0.3) is 0 Å². The third kappa shape index (κ3) is 2.95. The molecule has 0 amide bonds. The fourth-order valence-electron chi connectivity index (χ4n) is 1.32. The van der Waals surface area contributed by atoms with E-state index in [4.69, 9.17) is 5.11 Å². The van der Waals surface area contributed by atoms with Gasteiger partial charge in [-0.2, -0.15) is 0 Å². The van der Waals surface area contributed by atoms with Crippen molar-refractivity contribution in [2.75, 3.05) is 5.75 Å². The van der Waals surface area contributed by atoms with Gasteiger partial charge in [0.05, 0.1) is 16.1 Å². The van der Waals surface area contributed by atoms with Crippen LogP contribution in [0.25, 0.3) is 0 Å². The summed E-state index contributed by atoms with van der Waals surface area (Å²) >= 11 is 3.12. The first kappa shape index (κ1) is 12.3. The maximum Gasteiger partial charge on any atom is 0.335 e. The van der Waals surface area contributed by atoms with E-state index >= 15 is 0 Å². The highest BCUT2D eigenvalue weighted by Crippen LogP contribution is 2.33. The summed E-state index contributed by atoms with van der Waals surface area (Å²) in [5, 5.41) is 9.76. The molecule has 2 N–H and O–H groups in total. The highest BCUT2D eigenvalue weighted by Gasteiger charge is 2.14. The lowest BCUT2D eigenvalue weighted by Gasteiger charge is -2.15. The number of carbonyl (C=O) groups is 1. The highest BCUT2D eigenvalue weighted by molar-refractivity contribution is 8.15. The molecule has 1 aliphatic heterocycles. The summed E-state index contributed by atoms with van der Waals surface area (Å²) < 4.78 is 3.14. The summed E-state index contributed by atoms with van der Waals surface area (Å²) in [5.74, 6) is 0.0784. The normalized spacial score (nSPS) is 13.6. The quantitative estimate of drug-likeness (QED) is 0.825. The van der Waals surface area contributed by atoms with Gasteiger partial charge in [0, 0.05) is 5.75 Å². The molecule has 0 unspecified atom stereocenters. The summed E-state index contributed by atoms with van der Waals surface area (Å²) in [4.78, 5) is 16.2. The molecule has 90 valence electrons. The van der Waals surface area contributed by atoms with E-state index in [-0.39, 0.29) is 5.56 Å². The van der Waals surface area contributed by atoms with Crippen LogP contribution in [0.5, 0.6) is 0 Å². The number of carboxylic acids is 1. The third-order valence-corrected chi connectivity index (χ3v) is 4.19.